The summed E-state index contributed by atoms with van der Waals surface area (Å²) in [7, 11) is -1.18. The number of pyridine rings is 2. The van der Waals surface area contributed by atoms with Crippen LogP contribution in [0.5, 0.6) is 23.0 Å². The summed E-state index contributed by atoms with van der Waals surface area (Å²) in [4.78, 5) is 8.52. The minimum absolute atomic E-state index is 0. The number of methoxy groups -OCH3 is 4. The Hall–Kier alpha value is -4.45. The van der Waals surface area contributed by atoms with E-state index in [0.29, 0.717) is 11.5 Å². The average Bonchev–Trinajstić information content (AvgIpc) is 3.30. The van der Waals surface area contributed by atoms with Gasteiger partial charge in [-0.1, -0.05) is 74.0 Å². The molecule has 0 radical (unpaired) electrons. The van der Waals surface area contributed by atoms with E-state index in [1.54, 1.807) is 71.0 Å². The zero-order valence-corrected chi connectivity index (χ0v) is 42.6. The third-order valence-corrected chi connectivity index (χ3v) is 13.2. The van der Waals surface area contributed by atoms with E-state index >= 15 is 0 Å². The van der Waals surface area contributed by atoms with E-state index in [1.807, 2.05) is 107 Å². The zero-order chi connectivity index (χ0) is 46.0. The molecular weight excluding hydrogens is 920 g/mol. The number of rotatable bonds is 17. The first kappa shape index (κ1) is 56.7. The monoisotopic (exact) mass is 974 g/mol. The van der Waals surface area contributed by atoms with Gasteiger partial charge in [-0.25, -0.2) is 21.8 Å². The Kier molecular flexibility index (Phi) is 24.3. The second-order valence-corrected chi connectivity index (χ2v) is 18.7. The fourth-order valence-electron chi connectivity index (χ4n) is 5.94. The average molecular weight is 976 g/mol. The summed E-state index contributed by atoms with van der Waals surface area (Å²) in [5.41, 5.74) is 4.16. The number of halogens is 2. The topological polar surface area (TPSA) is 137 Å². The molecule has 2 aromatic heterocycles. The first-order valence-electron chi connectivity index (χ1n) is 20.0. The molecule has 0 fully saturated rings. The summed E-state index contributed by atoms with van der Waals surface area (Å²) in [5.74, 6) is 3.00. The molecule has 12 nitrogen and oxygen atoms in total. The number of aromatic nitrogens is 2. The summed E-state index contributed by atoms with van der Waals surface area (Å²) >= 11 is 5.92. The van der Waals surface area contributed by atoms with Gasteiger partial charge in [0.15, 0.2) is 0 Å². The summed E-state index contributed by atoms with van der Waals surface area (Å²) in [5, 5.41) is 0.125. The molecule has 65 heavy (non-hydrogen) atoms. The maximum Gasteiger partial charge on any atom is 2.00 e. The Morgan fingerprint density at radius 3 is 1.06 bits per heavy atom. The molecule has 0 saturated carbocycles. The van der Waals surface area contributed by atoms with Crippen molar-refractivity contribution in [3.8, 4) is 23.0 Å². The Labute approximate surface area is 412 Å². The number of ether oxygens (including phenoxy) is 4. The van der Waals surface area contributed by atoms with Crippen molar-refractivity contribution in [3.63, 3.8) is 0 Å². The molecule has 0 bridgehead atoms. The number of benzene rings is 4. The van der Waals surface area contributed by atoms with Crippen molar-refractivity contribution in [2.24, 2.45) is 0 Å². The summed E-state index contributed by atoms with van der Waals surface area (Å²) in [6.07, 6.45) is 4.94. The maximum absolute atomic E-state index is 13.6. The van der Waals surface area contributed by atoms with Gasteiger partial charge in [-0.05, 0) is 101 Å². The number of hydrogen-bond acceptors (Lipinski definition) is 10. The number of nitrogens with zero attached hydrogens (tertiary/aromatic N) is 4. The molecule has 0 atom stereocenters. The second kappa shape index (κ2) is 27.9. The van der Waals surface area contributed by atoms with E-state index in [0.717, 1.165) is 39.4 Å². The van der Waals surface area contributed by atoms with Crippen LogP contribution in [-0.2, 0) is 46.2 Å². The summed E-state index contributed by atoms with van der Waals surface area (Å²) in [6.45, 7) is 8.84. The van der Waals surface area contributed by atoms with E-state index in [9.17, 15) is 16.8 Å². The van der Waals surface area contributed by atoms with E-state index in [4.69, 9.17) is 30.5 Å². The van der Waals surface area contributed by atoms with Gasteiger partial charge < -0.3 is 37.8 Å². The molecule has 0 unspecified atom stereocenters. The van der Waals surface area contributed by atoms with Crippen molar-refractivity contribution >= 4 is 54.7 Å². The molecule has 0 saturated heterocycles. The van der Waals surface area contributed by atoms with Crippen LogP contribution >= 0.6 is 11.6 Å². The molecule has 6 aromatic rings. The molecule has 0 N–H and O–H groups in total. The van der Waals surface area contributed by atoms with Crippen molar-refractivity contribution in [1.29, 1.82) is 0 Å². The van der Waals surface area contributed by atoms with Crippen LogP contribution in [0, 0.1) is 6.42 Å². The predicted octanol–water partition coefficient (Wildman–Crippen LogP) is 6.61. The van der Waals surface area contributed by atoms with Crippen LogP contribution in [0.1, 0.15) is 61.6 Å². The van der Waals surface area contributed by atoms with Gasteiger partial charge in [-0.2, -0.15) is 22.5 Å². The van der Waals surface area contributed by atoms with Crippen molar-refractivity contribution in [2.45, 2.75) is 69.6 Å². The van der Waals surface area contributed by atoms with Crippen molar-refractivity contribution in [1.82, 2.24) is 18.6 Å². The largest absolute Gasteiger partial charge is 2.00 e. The first-order valence-corrected chi connectivity index (χ1v) is 23.3. The Morgan fingerprint density at radius 1 is 0.523 bits per heavy atom. The standard InChI is InChI=1S/C24H28N2O4S.C21H21ClN2O4S.C3H7.ClH.Mg/c1-18(2)24-15-23(13-14-25-24)31(27,28)26(16-19-5-9-21(29-3)10-6-19)17-20-7-11-22(30-4)12-8-20;1-27-18-7-3-16(4-8-18)14-24(15-17-5-9-19(28-2)10-6-17)29(25,26)20-11-12-23-21(22)13-20;1-3-2;;/h5-15,18H,16-17H2,1-4H3;3-13H,14-15H2,1-2H3;3H,1-2H3;1H;/q;;-1;;+2/p-1. The molecule has 0 amide bonds. The Bertz CT molecular complexity index is 2440. The van der Waals surface area contributed by atoms with E-state index in [2.05, 4.69) is 9.97 Å². The van der Waals surface area contributed by atoms with Gasteiger partial charge in [-0.15, -0.1) is 0 Å². The Morgan fingerprint density at radius 2 is 0.800 bits per heavy atom. The molecule has 6 rings (SSSR count). The van der Waals surface area contributed by atoms with Crippen molar-refractivity contribution in [2.75, 3.05) is 28.4 Å². The molecule has 344 valence electrons. The normalized spacial score (nSPS) is 11.0. The summed E-state index contributed by atoms with van der Waals surface area (Å²) in [6, 6.07) is 35.4. The molecule has 17 heteroatoms. The van der Waals surface area contributed by atoms with Crippen LogP contribution in [-0.4, -0.2) is 86.9 Å². The van der Waals surface area contributed by atoms with Crippen molar-refractivity contribution in [3.05, 3.63) is 173 Å². The molecule has 2 heterocycles. The molecule has 0 aliphatic rings. The van der Waals surface area contributed by atoms with E-state index in [1.165, 1.54) is 26.9 Å². The summed E-state index contributed by atoms with van der Waals surface area (Å²) < 4.78 is 77.5. The zero-order valence-electron chi connectivity index (χ0n) is 38.0. The van der Waals surface area contributed by atoms with Crippen LogP contribution in [0.4, 0.5) is 0 Å². The minimum atomic E-state index is -3.80. The van der Waals surface area contributed by atoms with Crippen LogP contribution in [0.2, 0.25) is 5.15 Å². The van der Waals surface area contributed by atoms with Crippen LogP contribution in [0.3, 0.4) is 0 Å². The van der Waals surface area contributed by atoms with Gasteiger partial charge in [-0.3, -0.25) is 4.98 Å². The third-order valence-electron chi connectivity index (χ3n) is 9.39. The SMILES string of the molecule is COc1ccc(CN(Cc2ccc(OC)cc2)S(=O)(=O)c2ccnc(C(C)C)c2)cc1.COc1ccc(CN(Cc2ccc(OC)cc2)S(=O)(=O)c2ccnc(Cl)c2)cc1.C[CH-]C.[Cl-].[Mg+2]. The van der Waals surface area contributed by atoms with Crippen LogP contribution in [0.25, 0.3) is 0 Å². The quantitative estimate of drug-likeness (QED) is 0.0558. The number of sulfonamides is 2. The van der Waals surface area contributed by atoms with Gasteiger partial charge in [0.05, 0.1) is 38.2 Å². The number of hydrogen-bond donors (Lipinski definition) is 0. The first-order chi connectivity index (χ1) is 30.2. The van der Waals surface area contributed by atoms with Gasteiger partial charge in [0, 0.05) is 44.3 Å². The molecular formula is C48H56Cl2MgN4O8S2. The van der Waals surface area contributed by atoms with Gasteiger partial charge in [0.1, 0.15) is 28.2 Å². The smallest absolute Gasteiger partial charge is 1.00 e. The Balaban J connectivity index is 0.000000410. The molecule has 0 aliphatic heterocycles. The van der Waals surface area contributed by atoms with Crippen LogP contribution < -0.4 is 31.4 Å². The molecule has 4 aromatic carbocycles. The minimum Gasteiger partial charge on any atom is -1.00 e. The third kappa shape index (κ3) is 17.0. The van der Waals surface area contributed by atoms with Gasteiger partial charge in [0.25, 0.3) is 0 Å². The van der Waals surface area contributed by atoms with Crippen LogP contribution in [0.15, 0.2) is 144 Å². The van der Waals surface area contributed by atoms with E-state index < -0.39 is 20.0 Å². The fourth-order valence-corrected chi connectivity index (χ4v) is 9.04. The fraction of sp³-hybridized carbons (Fsp3) is 0.271. The van der Waals surface area contributed by atoms with E-state index in [-0.39, 0.29) is 82.5 Å². The molecule has 0 aliphatic carbocycles. The predicted molar refractivity (Wildman–Crippen MR) is 254 cm³/mol. The molecule has 0 spiro atoms. The maximum atomic E-state index is 13.6. The van der Waals surface area contributed by atoms with Gasteiger partial charge >= 0.3 is 23.1 Å². The van der Waals surface area contributed by atoms with Crippen molar-refractivity contribution < 1.29 is 48.2 Å². The second-order valence-electron chi connectivity index (χ2n) is 14.4. The van der Waals surface area contributed by atoms with Gasteiger partial charge in [0.2, 0.25) is 20.0 Å².